The SMILES string of the molecule is CCCCn1c(CC)nc2c(c1=O)c1nc3ccccc3nc1n2-c1ccc(Oc2ccccc2)cc1. The number of para-hydroxylation sites is 3. The Morgan fingerprint density at radius 2 is 1.43 bits per heavy atom. The zero-order valence-electron chi connectivity index (χ0n) is 20.9. The third-order valence-electron chi connectivity index (χ3n) is 6.57. The highest BCUT2D eigenvalue weighted by atomic mass is 16.5. The fourth-order valence-corrected chi connectivity index (χ4v) is 4.72. The molecular weight excluding hydrogens is 462 g/mol. The zero-order chi connectivity index (χ0) is 25.4. The molecule has 7 heteroatoms. The third kappa shape index (κ3) is 4.02. The Labute approximate surface area is 214 Å². The Bertz CT molecular complexity index is 1790. The molecule has 0 saturated heterocycles. The van der Waals surface area contributed by atoms with Gasteiger partial charge in [0.2, 0.25) is 0 Å². The molecule has 0 fully saturated rings. The van der Waals surface area contributed by atoms with Gasteiger partial charge in [0, 0.05) is 18.7 Å². The van der Waals surface area contributed by atoms with E-state index in [0.29, 0.717) is 35.2 Å². The van der Waals surface area contributed by atoms with Gasteiger partial charge >= 0.3 is 0 Å². The first-order chi connectivity index (χ1) is 18.2. The number of hydrogen-bond acceptors (Lipinski definition) is 5. The summed E-state index contributed by atoms with van der Waals surface area (Å²) >= 11 is 0. The predicted molar refractivity (Wildman–Crippen MR) is 147 cm³/mol. The van der Waals surface area contributed by atoms with E-state index >= 15 is 0 Å². The Hall–Kier alpha value is -4.52. The largest absolute Gasteiger partial charge is 0.457 e. The molecule has 0 radical (unpaired) electrons. The van der Waals surface area contributed by atoms with Gasteiger partial charge in [-0.25, -0.2) is 15.0 Å². The lowest BCUT2D eigenvalue weighted by molar-refractivity contribution is 0.482. The first kappa shape index (κ1) is 22.9. The first-order valence-electron chi connectivity index (χ1n) is 12.7. The van der Waals surface area contributed by atoms with Crippen LogP contribution < -0.4 is 10.3 Å². The highest BCUT2D eigenvalue weighted by molar-refractivity contribution is 6.05. The van der Waals surface area contributed by atoms with Gasteiger partial charge in [0.25, 0.3) is 5.56 Å². The normalized spacial score (nSPS) is 11.5. The monoisotopic (exact) mass is 489 g/mol. The highest BCUT2D eigenvalue weighted by Crippen LogP contribution is 2.30. The van der Waals surface area contributed by atoms with Gasteiger partial charge in [-0.15, -0.1) is 0 Å². The molecule has 0 bridgehead atoms. The van der Waals surface area contributed by atoms with Gasteiger partial charge in [-0.05, 0) is 55.0 Å². The van der Waals surface area contributed by atoms with E-state index < -0.39 is 0 Å². The van der Waals surface area contributed by atoms with Crippen molar-refractivity contribution in [2.45, 2.75) is 39.7 Å². The van der Waals surface area contributed by atoms with Crippen molar-refractivity contribution in [1.29, 1.82) is 0 Å². The average Bonchev–Trinajstić information content (AvgIpc) is 3.25. The molecule has 184 valence electrons. The smallest absolute Gasteiger partial charge is 0.265 e. The summed E-state index contributed by atoms with van der Waals surface area (Å²) < 4.78 is 9.74. The van der Waals surface area contributed by atoms with Crippen LogP contribution in [0.15, 0.2) is 83.7 Å². The molecule has 0 unspecified atom stereocenters. The van der Waals surface area contributed by atoms with Crippen molar-refractivity contribution in [3.05, 3.63) is 95.0 Å². The van der Waals surface area contributed by atoms with Gasteiger partial charge in [0.15, 0.2) is 11.3 Å². The van der Waals surface area contributed by atoms with E-state index in [4.69, 9.17) is 19.7 Å². The Morgan fingerprint density at radius 3 is 2.14 bits per heavy atom. The molecule has 37 heavy (non-hydrogen) atoms. The number of rotatable bonds is 7. The Kier molecular flexibility index (Phi) is 5.88. The van der Waals surface area contributed by atoms with Crippen molar-refractivity contribution in [3.8, 4) is 17.2 Å². The number of fused-ring (bicyclic) bond motifs is 4. The first-order valence-corrected chi connectivity index (χ1v) is 12.7. The fourth-order valence-electron chi connectivity index (χ4n) is 4.72. The molecule has 0 N–H and O–H groups in total. The number of hydrogen-bond donors (Lipinski definition) is 0. The van der Waals surface area contributed by atoms with Crippen molar-refractivity contribution in [1.82, 2.24) is 24.1 Å². The minimum Gasteiger partial charge on any atom is -0.457 e. The number of benzene rings is 3. The molecule has 0 atom stereocenters. The number of aromatic nitrogens is 5. The van der Waals surface area contributed by atoms with Gasteiger partial charge in [0.1, 0.15) is 28.2 Å². The van der Waals surface area contributed by atoms with Gasteiger partial charge in [-0.1, -0.05) is 50.6 Å². The molecule has 0 aliphatic rings. The van der Waals surface area contributed by atoms with Crippen molar-refractivity contribution in [3.63, 3.8) is 0 Å². The summed E-state index contributed by atoms with van der Waals surface area (Å²) in [6.07, 6.45) is 2.57. The van der Waals surface area contributed by atoms with Crippen LogP contribution in [-0.4, -0.2) is 24.1 Å². The number of aryl methyl sites for hydroxylation is 1. The van der Waals surface area contributed by atoms with E-state index in [2.05, 4.69) is 6.92 Å². The summed E-state index contributed by atoms with van der Waals surface area (Å²) in [6, 6.07) is 25.2. The lowest BCUT2D eigenvalue weighted by Crippen LogP contribution is -2.25. The van der Waals surface area contributed by atoms with Gasteiger partial charge in [-0.3, -0.25) is 13.9 Å². The van der Waals surface area contributed by atoms with E-state index in [9.17, 15) is 4.79 Å². The molecule has 6 rings (SSSR count). The van der Waals surface area contributed by atoms with Gasteiger partial charge in [0.05, 0.1) is 11.0 Å². The van der Waals surface area contributed by atoms with E-state index in [0.717, 1.165) is 46.9 Å². The van der Waals surface area contributed by atoms with E-state index in [1.54, 1.807) is 0 Å². The molecule has 3 aromatic heterocycles. The van der Waals surface area contributed by atoms with Gasteiger partial charge < -0.3 is 4.74 Å². The second-order valence-electron chi connectivity index (χ2n) is 9.02. The van der Waals surface area contributed by atoms with Crippen LogP contribution in [0.5, 0.6) is 11.5 Å². The Balaban J connectivity index is 1.60. The lowest BCUT2D eigenvalue weighted by Gasteiger charge is -2.12. The topological polar surface area (TPSA) is 74.8 Å². The van der Waals surface area contributed by atoms with Crippen LogP contribution in [0.1, 0.15) is 32.5 Å². The van der Waals surface area contributed by atoms with E-state index in [-0.39, 0.29) is 5.56 Å². The van der Waals surface area contributed by atoms with E-state index in [1.807, 2.05) is 94.9 Å². The summed E-state index contributed by atoms with van der Waals surface area (Å²) in [4.78, 5) is 28.8. The summed E-state index contributed by atoms with van der Waals surface area (Å²) in [7, 11) is 0. The van der Waals surface area contributed by atoms with Crippen molar-refractivity contribution >= 4 is 33.2 Å². The van der Waals surface area contributed by atoms with Gasteiger partial charge in [-0.2, -0.15) is 0 Å². The minimum absolute atomic E-state index is 0.0623. The molecule has 0 amide bonds. The minimum atomic E-state index is -0.0623. The fraction of sp³-hybridized carbons (Fsp3) is 0.200. The van der Waals surface area contributed by atoms with Crippen molar-refractivity contribution in [2.24, 2.45) is 0 Å². The Morgan fingerprint density at radius 1 is 0.757 bits per heavy atom. The molecular formula is C30H27N5O2. The zero-order valence-corrected chi connectivity index (χ0v) is 20.9. The summed E-state index contributed by atoms with van der Waals surface area (Å²) in [6.45, 7) is 4.79. The third-order valence-corrected chi connectivity index (χ3v) is 6.57. The average molecular weight is 490 g/mol. The second kappa shape index (κ2) is 9.50. The maximum atomic E-state index is 13.9. The van der Waals surface area contributed by atoms with Crippen LogP contribution >= 0.6 is 0 Å². The molecule has 0 aliphatic carbocycles. The summed E-state index contributed by atoms with van der Waals surface area (Å²) in [5, 5.41) is 0.506. The maximum absolute atomic E-state index is 13.9. The van der Waals surface area contributed by atoms with Crippen LogP contribution in [0.2, 0.25) is 0 Å². The van der Waals surface area contributed by atoms with Crippen molar-refractivity contribution in [2.75, 3.05) is 0 Å². The number of ether oxygens (including phenoxy) is 1. The molecule has 0 saturated carbocycles. The predicted octanol–water partition coefficient (Wildman–Crippen LogP) is 6.44. The maximum Gasteiger partial charge on any atom is 0.265 e. The highest BCUT2D eigenvalue weighted by Gasteiger charge is 2.22. The second-order valence-corrected chi connectivity index (χ2v) is 9.02. The molecule has 0 aliphatic heterocycles. The lowest BCUT2D eigenvalue weighted by atomic mass is 10.2. The molecule has 0 spiro atoms. The molecule has 6 aromatic rings. The summed E-state index contributed by atoms with van der Waals surface area (Å²) in [5.74, 6) is 2.26. The van der Waals surface area contributed by atoms with Crippen LogP contribution in [0.3, 0.4) is 0 Å². The molecule has 3 aromatic carbocycles. The van der Waals surface area contributed by atoms with E-state index in [1.165, 1.54) is 0 Å². The van der Waals surface area contributed by atoms with Crippen LogP contribution in [0.25, 0.3) is 38.9 Å². The quantitative estimate of drug-likeness (QED) is 0.258. The number of unbranched alkanes of at least 4 members (excludes halogenated alkanes) is 1. The van der Waals surface area contributed by atoms with Crippen molar-refractivity contribution < 1.29 is 4.74 Å². The van der Waals surface area contributed by atoms with Crippen LogP contribution in [-0.2, 0) is 13.0 Å². The molecule has 7 nitrogen and oxygen atoms in total. The summed E-state index contributed by atoms with van der Waals surface area (Å²) in [5.41, 5.74) is 4.06. The van der Waals surface area contributed by atoms with Crippen LogP contribution in [0.4, 0.5) is 0 Å². The molecule has 3 heterocycles. The standard InChI is InChI=1S/C30H27N5O2/c1-3-5-19-34-25(4-2)33-28-26(30(34)36)27-29(32-24-14-10-9-13-23(24)31-27)35(28)20-15-17-22(18-16-20)37-21-11-7-6-8-12-21/h6-18H,3-5,19H2,1-2H3. The number of nitrogens with zero attached hydrogens (tertiary/aromatic N) is 5. The van der Waals surface area contributed by atoms with Crippen LogP contribution in [0, 0.1) is 0 Å².